The molecule has 1 saturated heterocycles. The molecule has 0 bridgehead atoms. The van der Waals surface area contributed by atoms with Crippen LogP contribution in [-0.2, 0) is 11.3 Å². The maximum absolute atomic E-state index is 5.77. The van der Waals surface area contributed by atoms with E-state index in [1.165, 1.54) is 0 Å². The number of hydrogen-bond donors (Lipinski definition) is 1. The van der Waals surface area contributed by atoms with Crippen molar-refractivity contribution < 1.29 is 9.15 Å². The fourth-order valence-electron chi connectivity index (χ4n) is 2.80. The largest absolute Gasteiger partial charge is 0.439 e. The van der Waals surface area contributed by atoms with Crippen molar-refractivity contribution in [2.75, 3.05) is 25.9 Å². The fourth-order valence-corrected chi connectivity index (χ4v) is 2.80. The fraction of sp³-hybridized carbons (Fsp3) is 0.533. The molecule has 1 aliphatic heterocycles. The van der Waals surface area contributed by atoms with Crippen molar-refractivity contribution in [3.8, 4) is 0 Å². The van der Waals surface area contributed by atoms with Crippen LogP contribution in [0.5, 0.6) is 0 Å². The van der Waals surface area contributed by atoms with Gasteiger partial charge in [-0.05, 0) is 31.0 Å². The van der Waals surface area contributed by atoms with Gasteiger partial charge in [-0.1, -0.05) is 6.92 Å². The third kappa shape index (κ3) is 2.64. The molecule has 1 aromatic heterocycles. The summed E-state index contributed by atoms with van der Waals surface area (Å²) >= 11 is 0. The number of nitrogen functional groups attached to an aromatic ring is 1. The third-order valence-corrected chi connectivity index (χ3v) is 4.09. The van der Waals surface area contributed by atoms with Gasteiger partial charge in [0, 0.05) is 25.4 Å². The van der Waals surface area contributed by atoms with Crippen LogP contribution in [0.15, 0.2) is 22.6 Å². The third-order valence-electron chi connectivity index (χ3n) is 4.09. The molecular formula is C15H21N3O2. The SMILES string of the molecule is COC1CN(Cc2nc3ccc(N)cc3o2)CCC1C. The smallest absolute Gasteiger partial charge is 0.209 e. The van der Waals surface area contributed by atoms with Gasteiger partial charge in [-0.3, -0.25) is 4.90 Å². The molecule has 1 aliphatic rings. The standard InChI is InChI=1S/C15H21N3O2/c1-10-5-6-18(8-14(10)19-2)9-15-17-12-4-3-11(16)7-13(12)20-15/h3-4,7,10,14H,5-6,8-9,16H2,1-2H3. The van der Waals surface area contributed by atoms with E-state index >= 15 is 0 Å². The molecule has 2 unspecified atom stereocenters. The first-order chi connectivity index (χ1) is 9.65. The maximum Gasteiger partial charge on any atom is 0.209 e. The molecule has 3 rings (SSSR count). The highest BCUT2D eigenvalue weighted by molar-refractivity contribution is 5.76. The van der Waals surface area contributed by atoms with Crippen LogP contribution in [0.2, 0.25) is 0 Å². The van der Waals surface area contributed by atoms with Crippen LogP contribution in [0.3, 0.4) is 0 Å². The lowest BCUT2D eigenvalue weighted by molar-refractivity contribution is -0.00950. The summed E-state index contributed by atoms with van der Waals surface area (Å²) in [5.41, 5.74) is 8.08. The van der Waals surface area contributed by atoms with Crippen LogP contribution in [0.1, 0.15) is 19.2 Å². The summed E-state index contributed by atoms with van der Waals surface area (Å²) in [7, 11) is 1.78. The van der Waals surface area contributed by atoms with Gasteiger partial charge < -0.3 is 14.9 Å². The number of ether oxygens (including phenoxy) is 1. The Kier molecular flexibility index (Phi) is 3.63. The van der Waals surface area contributed by atoms with Gasteiger partial charge in [0.05, 0.1) is 12.6 Å². The minimum absolute atomic E-state index is 0.295. The van der Waals surface area contributed by atoms with E-state index in [1.807, 2.05) is 18.2 Å². The van der Waals surface area contributed by atoms with Gasteiger partial charge in [-0.25, -0.2) is 4.98 Å². The summed E-state index contributed by atoms with van der Waals surface area (Å²) in [6.07, 6.45) is 1.44. The van der Waals surface area contributed by atoms with Crippen molar-refractivity contribution in [2.24, 2.45) is 5.92 Å². The maximum atomic E-state index is 5.77. The van der Waals surface area contributed by atoms with Crippen molar-refractivity contribution >= 4 is 16.8 Å². The van der Waals surface area contributed by atoms with Crippen LogP contribution >= 0.6 is 0 Å². The van der Waals surface area contributed by atoms with E-state index < -0.39 is 0 Å². The van der Waals surface area contributed by atoms with E-state index in [0.717, 1.165) is 43.0 Å². The number of aromatic nitrogens is 1. The summed E-state index contributed by atoms with van der Waals surface area (Å²) in [6, 6.07) is 5.56. The van der Waals surface area contributed by atoms with Crippen LogP contribution in [-0.4, -0.2) is 36.2 Å². The zero-order chi connectivity index (χ0) is 14.1. The van der Waals surface area contributed by atoms with Crippen molar-refractivity contribution in [3.05, 3.63) is 24.1 Å². The predicted octanol–water partition coefficient (Wildman–Crippen LogP) is 2.27. The molecule has 5 heteroatoms. The molecule has 2 heterocycles. The Hall–Kier alpha value is -1.59. The number of oxazole rings is 1. The van der Waals surface area contributed by atoms with Crippen molar-refractivity contribution in [1.82, 2.24) is 9.88 Å². The van der Waals surface area contributed by atoms with Gasteiger partial charge in [0.25, 0.3) is 0 Å². The number of nitrogens with two attached hydrogens (primary N) is 1. The first kappa shape index (κ1) is 13.4. The van der Waals surface area contributed by atoms with Crippen LogP contribution in [0.4, 0.5) is 5.69 Å². The molecule has 2 atom stereocenters. The Labute approximate surface area is 118 Å². The number of piperidine rings is 1. The van der Waals surface area contributed by atoms with Gasteiger partial charge >= 0.3 is 0 Å². The normalized spacial score (nSPS) is 24.3. The molecule has 2 N–H and O–H groups in total. The molecule has 0 spiro atoms. The molecule has 0 saturated carbocycles. The Balaban J connectivity index is 1.73. The lowest BCUT2D eigenvalue weighted by atomic mass is 9.96. The van der Waals surface area contributed by atoms with Crippen LogP contribution in [0.25, 0.3) is 11.1 Å². The number of likely N-dealkylation sites (tertiary alicyclic amines) is 1. The molecule has 1 fully saturated rings. The number of rotatable bonds is 3. The van der Waals surface area contributed by atoms with Gasteiger partial charge in [0.15, 0.2) is 5.58 Å². The lowest BCUT2D eigenvalue weighted by Crippen LogP contribution is -2.43. The quantitative estimate of drug-likeness (QED) is 0.870. The monoisotopic (exact) mass is 275 g/mol. The van der Waals surface area contributed by atoms with Gasteiger partial charge in [-0.15, -0.1) is 0 Å². The molecule has 0 amide bonds. The van der Waals surface area contributed by atoms with Crippen LogP contribution in [0, 0.1) is 5.92 Å². The molecule has 108 valence electrons. The summed E-state index contributed by atoms with van der Waals surface area (Å²) in [4.78, 5) is 6.85. The molecule has 1 aromatic carbocycles. The number of hydrogen-bond acceptors (Lipinski definition) is 5. The first-order valence-electron chi connectivity index (χ1n) is 7.06. The second-order valence-corrected chi connectivity index (χ2v) is 5.61. The minimum Gasteiger partial charge on any atom is -0.439 e. The Morgan fingerprint density at radius 2 is 2.35 bits per heavy atom. The molecular weight excluding hydrogens is 254 g/mol. The minimum atomic E-state index is 0.295. The van der Waals surface area contributed by atoms with E-state index in [-0.39, 0.29) is 0 Å². The van der Waals surface area contributed by atoms with Gasteiger partial charge in [0.2, 0.25) is 5.89 Å². The highest BCUT2D eigenvalue weighted by Gasteiger charge is 2.26. The summed E-state index contributed by atoms with van der Waals surface area (Å²) in [5.74, 6) is 1.36. The molecule has 0 radical (unpaired) electrons. The average Bonchev–Trinajstić information content (AvgIpc) is 2.82. The van der Waals surface area contributed by atoms with E-state index in [9.17, 15) is 0 Å². The molecule has 20 heavy (non-hydrogen) atoms. The zero-order valence-corrected chi connectivity index (χ0v) is 12.0. The highest BCUT2D eigenvalue weighted by atomic mass is 16.5. The topological polar surface area (TPSA) is 64.5 Å². The van der Waals surface area contributed by atoms with E-state index in [0.29, 0.717) is 17.7 Å². The lowest BCUT2D eigenvalue weighted by Gasteiger charge is -2.35. The Morgan fingerprint density at radius 3 is 3.15 bits per heavy atom. The van der Waals surface area contributed by atoms with Gasteiger partial charge in [-0.2, -0.15) is 0 Å². The first-order valence-corrected chi connectivity index (χ1v) is 7.06. The van der Waals surface area contributed by atoms with Crippen molar-refractivity contribution in [1.29, 1.82) is 0 Å². The summed E-state index contributed by atoms with van der Waals surface area (Å²) < 4.78 is 11.3. The average molecular weight is 275 g/mol. The molecule has 5 nitrogen and oxygen atoms in total. The Bertz CT molecular complexity index is 596. The van der Waals surface area contributed by atoms with E-state index in [1.54, 1.807) is 7.11 Å². The number of benzene rings is 1. The second-order valence-electron chi connectivity index (χ2n) is 5.61. The predicted molar refractivity (Wildman–Crippen MR) is 78.3 cm³/mol. The number of nitrogens with zero attached hydrogens (tertiary/aromatic N) is 2. The molecule has 0 aliphatic carbocycles. The highest BCUT2D eigenvalue weighted by Crippen LogP contribution is 2.23. The van der Waals surface area contributed by atoms with Crippen molar-refractivity contribution in [2.45, 2.75) is 26.0 Å². The van der Waals surface area contributed by atoms with E-state index in [4.69, 9.17) is 14.9 Å². The number of fused-ring (bicyclic) bond motifs is 1. The molecule has 2 aromatic rings. The van der Waals surface area contributed by atoms with Crippen LogP contribution < -0.4 is 5.73 Å². The van der Waals surface area contributed by atoms with Gasteiger partial charge in [0.1, 0.15) is 5.52 Å². The van der Waals surface area contributed by atoms with Crippen molar-refractivity contribution in [3.63, 3.8) is 0 Å². The number of anilines is 1. The summed E-state index contributed by atoms with van der Waals surface area (Å²) in [6.45, 7) is 4.95. The number of methoxy groups -OCH3 is 1. The Morgan fingerprint density at radius 1 is 1.50 bits per heavy atom. The summed E-state index contributed by atoms with van der Waals surface area (Å²) in [5, 5.41) is 0. The zero-order valence-electron chi connectivity index (χ0n) is 12.0. The second kappa shape index (κ2) is 5.42. The van der Waals surface area contributed by atoms with E-state index in [2.05, 4.69) is 16.8 Å².